The molecule has 0 aromatic heterocycles. The second-order valence-electron chi connectivity index (χ2n) is 7.08. The predicted octanol–water partition coefficient (Wildman–Crippen LogP) is 5.31. The number of nitrogens with zero attached hydrogens (tertiary/aromatic N) is 1. The minimum atomic E-state index is -0.419. The molecular weight excluding hydrogens is 412 g/mol. The topological polar surface area (TPSA) is 58.6 Å². The molecule has 5 nitrogen and oxygen atoms in total. The summed E-state index contributed by atoms with van der Waals surface area (Å²) in [5.74, 6) is -0.150. The molecule has 0 aliphatic carbocycles. The van der Waals surface area contributed by atoms with Gasteiger partial charge in [0.15, 0.2) is 0 Å². The molecule has 0 unspecified atom stereocenters. The van der Waals surface area contributed by atoms with Crippen molar-refractivity contribution < 1.29 is 14.3 Å². The highest BCUT2D eigenvalue weighted by Crippen LogP contribution is 2.34. The van der Waals surface area contributed by atoms with Crippen LogP contribution in [0.1, 0.15) is 18.1 Å². The summed E-state index contributed by atoms with van der Waals surface area (Å²) >= 11 is 5.98. The zero-order valence-electron chi connectivity index (χ0n) is 17.2. The molecule has 1 aliphatic heterocycles. The van der Waals surface area contributed by atoms with E-state index in [1.165, 1.54) is 10.5 Å². The van der Waals surface area contributed by atoms with Gasteiger partial charge in [-0.1, -0.05) is 42.8 Å². The Morgan fingerprint density at radius 2 is 1.52 bits per heavy atom. The number of halogens is 1. The second-order valence-corrected chi connectivity index (χ2v) is 7.51. The number of aryl methyl sites for hydroxylation is 1. The quantitative estimate of drug-likeness (QED) is 0.536. The van der Waals surface area contributed by atoms with Crippen LogP contribution in [0, 0.1) is 0 Å². The zero-order valence-corrected chi connectivity index (χ0v) is 17.9. The molecule has 1 N–H and O–H groups in total. The zero-order chi connectivity index (χ0) is 22.0. The average molecular weight is 433 g/mol. The molecule has 31 heavy (non-hydrogen) atoms. The van der Waals surface area contributed by atoms with Crippen LogP contribution in [0.15, 0.2) is 78.5 Å². The summed E-state index contributed by atoms with van der Waals surface area (Å²) in [5.41, 5.74) is 3.55. The number of rotatable bonds is 6. The van der Waals surface area contributed by atoms with Crippen LogP contribution in [0.2, 0.25) is 5.02 Å². The van der Waals surface area contributed by atoms with Gasteiger partial charge < -0.3 is 10.1 Å². The van der Waals surface area contributed by atoms with Crippen LogP contribution in [0.5, 0.6) is 5.75 Å². The number of anilines is 2. The maximum absolute atomic E-state index is 13.4. The Labute approximate surface area is 185 Å². The first kappa shape index (κ1) is 20.7. The van der Waals surface area contributed by atoms with Gasteiger partial charge in [-0.05, 0) is 66.1 Å². The predicted molar refractivity (Wildman–Crippen MR) is 123 cm³/mol. The lowest BCUT2D eigenvalue weighted by Crippen LogP contribution is -2.32. The first-order valence-corrected chi connectivity index (χ1v) is 10.3. The number of carbonyl (C=O) groups is 2. The van der Waals surface area contributed by atoms with Crippen LogP contribution in [0.25, 0.3) is 5.57 Å². The van der Waals surface area contributed by atoms with Crippen LogP contribution in [0.3, 0.4) is 0 Å². The Bertz CT molecular complexity index is 1150. The van der Waals surface area contributed by atoms with E-state index in [-0.39, 0.29) is 5.70 Å². The van der Waals surface area contributed by atoms with Gasteiger partial charge in [-0.15, -0.1) is 0 Å². The van der Waals surface area contributed by atoms with E-state index in [2.05, 4.69) is 12.2 Å². The third kappa shape index (κ3) is 4.05. The fraction of sp³-hybridized carbons (Fsp3) is 0.120. The lowest BCUT2D eigenvalue weighted by molar-refractivity contribution is -0.120. The SMILES string of the molecule is CCc1ccc(NC2=C(c3ccc(OC)cc3)C(=O)N(c3ccc(Cl)cc3)C2=O)cc1. The van der Waals surface area contributed by atoms with Gasteiger partial charge in [0, 0.05) is 10.7 Å². The summed E-state index contributed by atoms with van der Waals surface area (Å²) < 4.78 is 5.22. The third-order valence-electron chi connectivity index (χ3n) is 5.18. The van der Waals surface area contributed by atoms with E-state index < -0.39 is 11.8 Å². The normalized spacial score (nSPS) is 13.7. The minimum Gasteiger partial charge on any atom is -0.497 e. The fourth-order valence-corrected chi connectivity index (χ4v) is 3.59. The summed E-state index contributed by atoms with van der Waals surface area (Å²) in [4.78, 5) is 27.9. The number of hydrogen-bond acceptors (Lipinski definition) is 4. The van der Waals surface area contributed by atoms with E-state index >= 15 is 0 Å². The minimum absolute atomic E-state index is 0.231. The van der Waals surface area contributed by atoms with Crippen molar-refractivity contribution in [3.63, 3.8) is 0 Å². The van der Waals surface area contributed by atoms with Crippen molar-refractivity contribution >= 4 is 40.4 Å². The Morgan fingerprint density at radius 1 is 0.871 bits per heavy atom. The van der Waals surface area contributed by atoms with Crippen LogP contribution >= 0.6 is 11.6 Å². The number of nitrogens with one attached hydrogen (secondary N) is 1. The van der Waals surface area contributed by atoms with Crippen molar-refractivity contribution in [3.05, 3.63) is 94.6 Å². The highest BCUT2D eigenvalue weighted by atomic mass is 35.5. The maximum Gasteiger partial charge on any atom is 0.282 e. The molecule has 0 saturated heterocycles. The van der Waals surface area contributed by atoms with Gasteiger partial charge in [-0.25, -0.2) is 4.90 Å². The van der Waals surface area contributed by atoms with E-state index in [0.29, 0.717) is 27.6 Å². The van der Waals surface area contributed by atoms with Crippen LogP contribution in [-0.2, 0) is 16.0 Å². The van der Waals surface area contributed by atoms with Gasteiger partial charge in [-0.2, -0.15) is 0 Å². The first-order chi connectivity index (χ1) is 15.0. The average Bonchev–Trinajstić information content (AvgIpc) is 3.04. The van der Waals surface area contributed by atoms with E-state index in [1.54, 1.807) is 55.6 Å². The molecule has 0 radical (unpaired) electrons. The van der Waals surface area contributed by atoms with Gasteiger partial charge in [-0.3, -0.25) is 9.59 Å². The van der Waals surface area contributed by atoms with Gasteiger partial charge in [0.25, 0.3) is 11.8 Å². The lowest BCUT2D eigenvalue weighted by atomic mass is 10.0. The van der Waals surface area contributed by atoms with Gasteiger partial charge >= 0.3 is 0 Å². The third-order valence-corrected chi connectivity index (χ3v) is 5.43. The number of amides is 2. The van der Waals surface area contributed by atoms with E-state index in [1.807, 2.05) is 24.3 Å². The maximum atomic E-state index is 13.4. The lowest BCUT2D eigenvalue weighted by Gasteiger charge is -2.15. The molecule has 2 amide bonds. The molecule has 0 bridgehead atoms. The standard InChI is InChI=1S/C25H21ClN2O3/c1-3-16-4-10-19(11-5-16)27-23-22(17-6-14-21(31-2)15-7-17)24(29)28(25(23)30)20-12-8-18(26)9-13-20/h4-15,27H,3H2,1-2H3. The van der Waals surface area contributed by atoms with Crippen LogP contribution < -0.4 is 15.0 Å². The second kappa shape index (κ2) is 8.66. The smallest absolute Gasteiger partial charge is 0.282 e. The summed E-state index contributed by atoms with van der Waals surface area (Å²) in [6.45, 7) is 2.08. The largest absolute Gasteiger partial charge is 0.497 e. The molecule has 6 heteroatoms. The summed E-state index contributed by atoms with van der Waals surface area (Å²) in [6.07, 6.45) is 0.918. The number of ether oxygens (including phenoxy) is 1. The Kier molecular flexibility index (Phi) is 5.78. The summed E-state index contributed by atoms with van der Waals surface area (Å²) in [5, 5.41) is 3.70. The molecule has 1 aliphatic rings. The molecule has 4 rings (SSSR count). The van der Waals surface area contributed by atoms with Crippen molar-refractivity contribution in [1.29, 1.82) is 0 Å². The van der Waals surface area contributed by atoms with Crippen LogP contribution in [0.4, 0.5) is 11.4 Å². The number of imide groups is 1. The summed E-state index contributed by atoms with van der Waals surface area (Å²) in [7, 11) is 1.58. The molecule has 0 fully saturated rings. The monoisotopic (exact) mass is 432 g/mol. The molecule has 0 atom stereocenters. The van der Waals surface area contributed by atoms with Crippen LogP contribution in [-0.4, -0.2) is 18.9 Å². The van der Waals surface area contributed by atoms with Gasteiger partial charge in [0.05, 0.1) is 18.4 Å². The Balaban J connectivity index is 1.78. The number of methoxy groups -OCH3 is 1. The highest BCUT2D eigenvalue weighted by molar-refractivity contribution is 6.46. The molecule has 0 spiro atoms. The van der Waals surface area contributed by atoms with Crippen molar-refractivity contribution in [2.75, 3.05) is 17.3 Å². The van der Waals surface area contributed by atoms with E-state index in [9.17, 15) is 9.59 Å². The molecule has 3 aromatic rings. The highest BCUT2D eigenvalue weighted by Gasteiger charge is 2.40. The molecule has 1 heterocycles. The van der Waals surface area contributed by atoms with Crippen molar-refractivity contribution in [1.82, 2.24) is 0 Å². The summed E-state index contributed by atoms with van der Waals surface area (Å²) in [6, 6.07) is 21.5. The molecule has 156 valence electrons. The first-order valence-electron chi connectivity index (χ1n) is 9.91. The van der Waals surface area contributed by atoms with E-state index in [0.717, 1.165) is 12.1 Å². The number of benzene rings is 3. The van der Waals surface area contributed by atoms with Crippen molar-refractivity contribution in [2.45, 2.75) is 13.3 Å². The van der Waals surface area contributed by atoms with Crippen molar-refractivity contribution in [3.8, 4) is 5.75 Å². The molecule has 0 saturated carbocycles. The van der Waals surface area contributed by atoms with E-state index in [4.69, 9.17) is 16.3 Å². The van der Waals surface area contributed by atoms with Crippen molar-refractivity contribution in [2.24, 2.45) is 0 Å². The number of hydrogen-bond donors (Lipinski definition) is 1. The Hall–Kier alpha value is -3.57. The van der Waals surface area contributed by atoms with Gasteiger partial charge in [0.1, 0.15) is 11.4 Å². The van der Waals surface area contributed by atoms with Gasteiger partial charge in [0.2, 0.25) is 0 Å². The molecule has 3 aromatic carbocycles. The number of carbonyl (C=O) groups excluding carboxylic acids is 2. The Morgan fingerprint density at radius 3 is 2.10 bits per heavy atom. The fourth-order valence-electron chi connectivity index (χ4n) is 3.46. The molecular formula is C25H21ClN2O3.